The van der Waals surface area contributed by atoms with Gasteiger partial charge in [0.2, 0.25) is 0 Å². The van der Waals surface area contributed by atoms with E-state index in [-0.39, 0.29) is 23.9 Å². The van der Waals surface area contributed by atoms with Gasteiger partial charge in [0, 0.05) is 19.3 Å². The Morgan fingerprint density at radius 3 is 3.05 bits per heavy atom. The Bertz CT molecular complexity index is 506. The zero-order chi connectivity index (χ0) is 14.5. The fourth-order valence-corrected chi connectivity index (χ4v) is 2.21. The lowest BCUT2D eigenvalue weighted by Gasteiger charge is -2.30. The molecule has 1 aliphatic heterocycles. The van der Waals surface area contributed by atoms with Crippen LogP contribution in [0.15, 0.2) is 12.5 Å². The molecule has 1 fully saturated rings. The molecule has 1 atom stereocenters. The van der Waals surface area contributed by atoms with Crippen LogP contribution in [0.1, 0.15) is 30.1 Å². The van der Waals surface area contributed by atoms with E-state index >= 15 is 0 Å². The minimum atomic E-state index is -0.679. The number of hydrogen-bond donors (Lipinski definition) is 1. The van der Waals surface area contributed by atoms with Gasteiger partial charge in [-0.25, -0.2) is 14.8 Å². The van der Waals surface area contributed by atoms with Crippen LogP contribution in [0.5, 0.6) is 0 Å². The molecule has 2 heterocycles. The third-order valence-electron chi connectivity index (χ3n) is 3.30. The van der Waals surface area contributed by atoms with Gasteiger partial charge in [0.15, 0.2) is 6.61 Å². The van der Waals surface area contributed by atoms with E-state index in [2.05, 4.69) is 16.9 Å². The van der Waals surface area contributed by atoms with Gasteiger partial charge in [0.1, 0.15) is 17.7 Å². The standard InChI is InChI=1S/C13H18N4O3/c1-9-3-2-4-17(6-9)11(18)7-20-13(19)10-5-15-8-16-12(10)14/h5,8-9H,2-4,6-7H2,1H3,(H2,14,15,16)/t9-/m0/s1. The molecule has 2 rings (SSSR count). The van der Waals surface area contributed by atoms with Gasteiger partial charge in [0.25, 0.3) is 5.91 Å². The number of aromatic nitrogens is 2. The van der Waals surface area contributed by atoms with Crippen LogP contribution >= 0.6 is 0 Å². The Hall–Kier alpha value is -2.18. The number of ether oxygens (including phenoxy) is 1. The molecule has 7 nitrogen and oxygen atoms in total. The normalized spacial score (nSPS) is 18.6. The van der Waals surface area contributed by atoms with Crippen molar-refractivity contribution in [3.05, 3.63) is 18.1 Å². The van der Waals surface area contributed by atoms with Crippen molar-refractivity contribution in [2.24, 2.45) is 5.92 Å². The van der Waals surface area contributed by atoms with E-state index in [1.807, 2.05) is 0 Å². The summed E-state index contributed by atoms with van der Waals surface area (Å²) in [6, 6.07) is 0. The van der Waals surface area contributed by atoms with Gasteiger partial charge < -0.3 is 15.4 Å². The smallest absolute Gasteiger partial charge is 0.344 e. The Kier molecular flexibility index (Phi) is 4.49. The largest absolute Gasteiger partial charge is 0.452 e. The number of esters is 1. The maximum absolute atomic E-state index is 12.0. The van der Waals surface area contributed by atoms with Crippen molar-refractivity contribution in [1.82, 2.24) is 14.9 Å². The molecule has 1 aromatic rings. The summed E-state index contributed by atoms with van der Waals surface area (Å²) >= 11 is 0. The molecule has 1 aromatic heterocycles. The zero-order valence-corrected chi connectivity index (χ0v) is 11.4. The van der Waals surface area contributed by atoms with E-state index in [1.165, 1.54) is 12.5 Å². The van der Waals surface area contributed by atoms with Crippen molar-refractivity contribution < 1.29 is 14.3 Å². The third kappa shape index (κ3) is 3.43. The molecule has 20 heavy (non-hydrogen) atoms. The van der Waals surface area contributed by atoms with Gasteiger partial charge in [-0.05, 0) is 18.8 Å². The predicted octanol–water partition coefficient (Wildman–Crippen LogP) is 0.474. The Morgan fingerprint density at radius 2 is 2.35 bits per heavy atom. The van der Waals surface area contributed by atoms with Crippen LogP contribution in [-0.4, -0.2) is 46.4 Å². The number of hydrogen-bond acceptors (Lipinski definition) is 6. The fourth-order valence-electron chi connectivity index (χ4n) is 2.21. The second-order valence-electron chi connectivity index (χ2n) is 4.98. The molecule has 0 saturated carbocycles. The van der Waals surface area contributed by atoms with Crippen molar-refractivity contribution in [1.29, 1.82) is 0 Å². The molecule has 1 aliphatic rings. The summed E-state index contributed by atoms with van der Waals surface area (Å²) in [6.45, 7) is 3.26. The van der Waals surface area contributed by atoms with Gasteiger partial charge >= 0.3 is 5.97 Å². The van der Waals surface area contributed by atoms with Gasteiger partial charge in [-0.15, -0.1) is 0 Å². The van der Waals surface area contributed by atoms with E-state index in [4.69, 9.17) is 10.5 Å². The summed E-state index contributed by atoms with van der Waals surface area (Å²) in [4.78, 5) is 32.8. The minimum Gasteiger partial charge on any atom is -0.452 e. The van der Waals surface area contributed by atoms with E-state index in [9.17, 15) is 9.59 Å². The summed E-state index contributed by atoms with van der Waals surface area (Å²) in [5.41, 5.74) is 5.62. The molecule has 0 aliphatic carbocycles. The lowest BCUT2D eigenvalue weighted by molar-refractivity contribution is -0.136. The molecule has 0 unspecified atom stereocenters. The number of nitrogens with two attached hydrogens (primary N) is 1. The number of carbonyl (C=O) groups excluding carboxylic acids is 2. The van der Waals surface area contributed by atoms with Gasteiger partial charge in [-0.2, -0.15) is 0 Å². The first-order valence-corrected chi connectivity index (χ1v) is 6.58. The second-order valence-corrected chi connectivity index (χ2v) is 4.98. The first-order chi connectivity index (χ1) is 9.58. The highest BCUT2D eigenvalue weighted by molar-refractivity contribution is 5.94. The molecule has 1 amide bonds. The Balaban J connectivity index is 1.87. The lowest BCUT2D eigenvalue weighted by atomic mass is 10.0. The number of carbonyl (C=O) groups is 2. The first kappa shape index (κ1) is 14.2. The molecule has 108 valence electrons. The summed E-state index contributed by atoms with van der Waals surface area (Å²) in [6.07, 6.45) is 4.63. The fraction of sp³-hybridized carbons (Fsp3) is 0.538. The van der Waals surface area contributed by atoms with Crippen LogP contribution in [-0.2, 0) is 9.53 Å². The van der Waals surface area contributed by atoms with Crippen molar-refractivity contribution in [2.75, 3.05) is 25.4 Å². The summed E-state index contributed by atoms with van der Waals surface area (Å²) in [5, 5.41) is 0. The van der Waals surface area contributed by atoms with Crippen LogP contribution in [0.25, 0.3) is 0 Å². The molecular weight excluding hydrogens is 260 g/mol. The maximum atomic E-state index is 12.0. The van der Waals surface area contributed by atoms with Crippen LogP contribution in [0, 0.1) is 5.92 Å². The van der Waals surface area contributed by atoms with E-state index in [0.717, 1.165) is 19.4 Å². The van der Waals surface area contributed by atoms with Crippen molar-refractivity contribution in [2.45, 2.75) is 19.8 Å². The quantitative estimate of drug-likeness (QED) is 0.807. The number of amides is 1. The Labute approximate surface area is 117 Å². The molecule has 0 spiro atoms. The number of nitrogen functional groups attached to an aromatic ring is 1. The van der Waals surface area contributed by atoms with E-state index in [0.29, 0.717) is 12.5 Å². The van der Waals surface area contributed by atoms with Crippen molar-refractivity contribution >= 4 is 17.7 Å². The van der Waals surface area contributed by atoms with E-state index in [1.54, 1.807) is 4.90 Å². The van der Waals surface area contributed by atoms with Crippen LogP contribution in [0.4, 0.5) is 5.82 Å². The summed E-state index contributed by atoms with van der Waals surface area (Å²) < 4.78 is 4.97. The number of piperidine rings is 1. The predicted molar refractivity (Wildman–Crippen MR) is 71.7 cm³/mol. The third-order valence-corrected chi connectivity index (χ3v) is 3.30. The molecule has 0 aromatic carbocycles. The number of rotatable bonds is 3. The molecule has 0 bridgehead atoms. The highest BCUT2D eigenvalue weighted by atomic mass is 16.5. The monoisotopic (exact) mass is 278 g/mol. The molecular formula is C13H18N4O3. The van der Waals surface area contributed by atoms with Crippen LogP contribution in [0.2, 0.25) is 0 Å². The summed E-state index contributed by atoms with van der Waals surface area (Å²) in [5.74, 6) is -0.326. The SMILES string of the molecule is C[C@H]1CCCN(C(=O)COC(=O)c2cncnc2N)C1. The van der Waals surface area contributed by atoms with Gasteiger partial charge in [-0.3, -0.25) is 4.79 Å². The van der Waals surface area contributed by atoms with Gasteiger partial charge in [0.05, 0.1) is 0 Å². The number of nitrogens with zero attached hydrogens (tertiary/aromatic N) is 3. The average molecular weight is 278 g/mol. The van der Waals surface area contributed by atoms with Crippen LogP contribution in [0.3, 0.4) is 0 Å². The van der Waals surface area contributed by atoms with Crippen molar-refractivity contribution in [3.8, 4) is 0 Å². The minimum absolute atomic E-state index is 0.0454. The van der Waals surface area contributed by atoms with Crippen molar-refractivity contribution in [3.63, 3.8) is 0 Å². The number of anilines is 1. The highest BCUT2D eigenvalue weighted by Gasteiger charge is 2.22. The highest BCUT2D eigenvalue weighted by Crippen LogP contribution is 2.15. The maximum Gasteiger partial charge on any atom is 0.344 e. The average Bonchev–Trinajstić information content (AvgIpc) is 2.45. The van der Waals surface area contributed by atoms with E-state index < -0.39 is 5.97 Å². The lowest BCUT2D eigenvalue weighted by Crippen LogP contribution is -2.41. The number of likely N-dealkylation sites (tertiary alicyclic amines) is 1. The second kappa shape index (κ2) is 6.31. The molecule has 2 N–H and O–H groups in total. The molecule has 0 radical (unpaired) electrons. The summed E-state index contributed by atoms with van der Waals surface area (Å²) in [7, 11) is 0. The van der Waals surface area contributed by atoms with Gasteiger partial charge in [-0.1, -0.05) is 6.92 Å². The Morgan fingerprint density at radius 1 is 1.55 bits per heavy atom. The van der Waals surface area contributed by atoms with Crippen LogP contribution < -0.4 is 5.73 Å². The topological polar surface area (TPSA) is 98.4 Å². The molecule has 1 saturated heterocycles. The first-order valence-electron chi connectivity index (χ1n) is 6.58. The molecule has 7 heteroatoms. The zero-order valence-electron chi connectivity index (χ0n) is 11.4.